The number of pyridine rings is 1. The molecule has 4 heteroatoms. The first kappa shape index (κ1) is 9.65. The van der Waals surface area contributed by atoms with Crippen LogP contribution in [0, 0.1) is 11.3 Å². The van der Waals surface area contributed by atoms with Crippen molar-refractivity contribution in [1.29, 1.82) is 5.26 Å². The molecule has 0 aliphatic heterocycles. The number of nitrogens with zero attached hydrogens (tertiary/aromatic N) is 2. The highest BCUT2D eigenvalue weighted by molar-refractivity contribution is 5.30. The van der Waals surface area contributed by atoms with Gasteiger partial charge in [-0.1, -0.05) is 6.07 Å². The summed E-state index contributed by atoms with van der Waals surface area (Å²) in [4.78, 5) is 3.94. The van der Waals surface area contributed by atoms with E-state index in [9.17, 15) is 0 Å². The summed E-state index contributed by atoms with van der Waals surface area (Å²) in [5.74, 6) is 0. The van der Waals surface area contributed by atoms with Gasteiger partial charge in [0.2, 0.25) is 0 Å². The Labute approximate surface area is 77.4 Å². The first-order chi connectivity index (χ1) is 6.38. The molecule has 13 heavy (non-hydrogen) atoms. The summed E-state index contributed by atoms with van der Waals surface area (Å²) in [6.45, 7) is 2.00. The maximum absolute atomic E-state index is 8.71. The molecular formula is C9H12N4. The molecule has 0 bridgehead atoms. The van der Waals surface area contributed by atoms with Crippen molar-refractivity contribution in [1.82, 2.24) is 10.3 Å². The van der Waals surface area contributed by atoms with E-state index in [2.05, 4.69) is 10.3 Å². The minimum atomic E-state index is 0.479. The Morgan fingerprint density at radius 2 is 2.46 bits per heavy atom. The maximum atomic E-state index is 8.71. The fraction of sp³-hybridized carbons (Fsp3) is 0.333. The van der Waals surface area contributed by atoms with Gasteiger partial charge in [0.1, 0.15) is 11.8 Å². The number of hydrogen-bond donors (Lipinski definition) is 2. The molecule has 1 aromatic heterocycles. The lowest BCUT2D eigenvalue weighted by atomic mass is 10.2. The Morgan fingerprint density at radius 1 is 1.62 bits per heavy atom. The van der Waals surface area contributed by atoms with Crippen LogP contribution < -0.4 is 11.1 Å². The second-order valence-corrected chi connectivity index (χ2v) is 2.59. The van der Waals surface area contributed by atoms with Gasteiger partial charge < -0.3 is 11.1 Å². The van der Waals surface area contributed by atoms with E-state index >= 15 is 0 Å². The molecular weight excluding hydrogens is 164 g/mol. The lowest BCUT2D eigenvalue weighted by Gasteiger charge is -2.03. The van der Waals surface area contributed by atoms with Crippen molar-refractivity contribution < 1.29 is 0 Å². The molecule has 0 aromatic carbocycles. The number of nitrogens with two attached hydrogens (primary N) is 1. The lowest BCUT2D eigenvalue weighted by Crippen LogP contribution is -2.22. The van der Waals surface area contributed by atoms with E-state index in [1.54, 1.807) is 6.20 Å². The zero-order chi connectivity index (χ0) is 9.52. The Kier molecular flexibility index (Phi) is 3.89. The summed E-state index contributed by atoms with van der Waals surface area (Å²) in [6, 6.07) is 5.74. The van der Waals surface area contributed by atoms with Crippen molar-refractivity contribution in [3.63, 3.8) is 0 Å². The van der Waals surface area contributed by atoms with Crippen LogP contribution in [-0.4, -0.2) is 18.1 Å². The van der Waals surface area contributed by atoms with E-state index < -0.39 is 0 Å². The van der Waals surface area contributed by atoms with E-state index in [0.29, 0.717) is 18.8 Å². The number of nitriles is 1. The molecule has 0 aliphatic rings. The third-order valence-electron chi connectivity index (χ3n) is 1.63. The second kappa shape index (κ2) is 5.25. The number of rotatable bonds is 4. The molecule has 0 fully saturated rings. The topological polar surface area (TPSA) is 74.7 Å². The fourth-order valence-corrected chi connectivity index (χ4v) is 1.01. The summed E-state index contributed by atoms with van der Waals surface area (Å²) in [6.07, 6.45) is 1.62. The smallest absolute Gasteiger partial charge is 0.144 e. The van der Waals surface area contributed by atoms with Crippen molar-refractivity contribution in [2.45, 2.75) is 6.54 Å². The summed E-state index contributed by atoms with van der Waals surface area (Å²) in [5.41, 5.74) is 6.71. The molecule has 0 spiro atoms. The van der Waals surface area contributed by atoms with Crippen LogP contribution in [0.3, 0.4) is 0 Å². The molecule has 0 radical (unpaired) electrons. The van der Waals surface area contributed by atoms with Crippen LogP contribution in [0.2, 0.25) is 0 Å². The van der Waals surface area contributed by atoms with Crippen LogP contribution in [0.15, 0.2) is 18.3 Å². The third-order valence-corrected chi connectivity index (χ3v) is 1.63. The van der Waals surface area contributed by atoms with Gasteiger partial charge in [0.25, 0.3) is 0 Å². The Bertz CT molecular complexity index is 303. The summed E-state index contributed by atoms with van der Waals surface area (Å²) < 4.78 is 0. The van der Waals surface area contributed by atoms with Gasteiger partial charge in [0.15, 0.2) is 0 Å². The molecule has 68 valence electrons. The van der Waals surface area contributed by atoms with Crippen LogP contribution in [-0.2, 0) is 6.54 Å². The highest BCUT2D eigenvalue weighted by atomic mass is 14.9. The molecule has 0 saturated carbocycles. The third kappa shape index (κ3) is 2.82. The molecule has 0 amide bonds. The molecule has 1 rings (SSSR count). The number of aromatic nitrogens is 1. The van der Waals surface area contributed by atoms with E-state index in [0.717, 1.165) is 12.1 Å². The highest BCUT2D eigenvalue weighted by Crippen LogP contribution is 2.02. The monoisotopic (exact) mass is 176 g/mol. The van der Waals surface area contributed by atoms with Crippen LogP contribution in [0.1, 0.15) is 11.3 Å². The Morgan fingerprint density at radius 3 is 3.15 bits per heavy atom. The van der Waals surface area contributed by atoms with Gasteiger partial charge in [-0.05, 0) is 6.07 Å². The van der Waals surface area contributed by atoms with Crippen molar-refractivity contribution in [3.05, 3.63) is 29.6 Å². The summed E-state index contributed by atoms with van der Waals surface area (Å²) in [5, 5.41) is 11.8. The van der Waals surface area contributed by atoms with Crippen molar-refractivity contribution in [2.24, 2.45) is 5.73 Å². The van der Waals surface area contributed by atoms with Gasteiger partial charge in [-0.3, -0.25) is 0 Å². The Balaban J connectivity index is 2.60. The SMILES string of the molecule is N#Cc1ncccc1CNCCN. The molecule has 0 aliphatic carbocycles. The van der Waals surface area contributed by atoms with Crippen molar-refractivity contribution in [2.75, 3.05) is 13.1 Å². The van der Waals surface area contributed by atoms with Gasteiger partial charge in [-0.25, -0.2) is 4.98 Å². The fourth-order valence-electron chi connectivity index (χ4n) is 1.01. The van der Waals surface area contributed by atoms with Crippen molar-refractivity contribution in [3.8, 4) is 6.07 Å². The summed E-state index contributed by atoms with van der Waals surface area (Å²) >= 11 is 0. The van der Waals surface area contributed by atoms with Crippen LogP contribution in [0.5, 0.6) is 0 Å². The lowest BCUT2D eigenvalue weighted by molar-refractivity contribution is 0.692. The molecule has 1 aromatic rings. The van der Waals surface area contributed by atoms with E-state index in [1.807, 2.05) is 18.2 Å². The minimum Gasteiger partial charge on any atom is -0.329 e. The number of nitrogens with one attached hydrogen (secondary N) is 1. The van der Waals surface area contributed by atoms with Crippen LogP contribution in [0.4, 0.5) is 0 Å². The van der Waals surface area contributed by atoms with E-state index in [4.69, 9.17) is 11.0 Å². The first-order valence-electron chi connectivity index (χ1n) is 4.13. The molecule has 0 saturated heterocycles. The zero-order valence-electron chi connectivity index (χ0n) is 7.33. The van der Waals surface area contributed by atoms with Gasteiger partial charge in [-0.2, -0.15) is 5.26 Å². The van der Waals surface area contributed by atoms with Crippen LogP contribution in [0.25, 0.3) is 0 Å². The predicted molar refractivity (Wildman–Crippen MR) is 49.7 cm³/mol. The molecule has 1 heterocycles. The maximum Gasteiger partial charge on any atom is 0.144 e. The standard InChI is InChI=1S/C9H12N4/c10-3-5-12-7-8-2-1-4-13-9(8)6-11/h1-2,4,12H,3,5,7,10H2. The first-order valence-corrected chi connectivity index (χ1v) is 4.13. The predicted octanol–water partition coefficient (Wildman–Crippen LogP) is 0.00158. The molecule has 0 atom stereocenters. The average molecular weight is 176 g/mol. The van der Waals surface area contributed by atoms with Gasteiger partial charge in [-0.15, -0.1) is 0 Å². The average Bonchev–Trinajstić information content (AvgIpc) is 2.19. The van der Waals surface area contributed by atoms with Crippen LogP contribution >= 0.6 is 0 Å². The molecule has 0 unspecified atom stereocenters. The van der Waals surface area contributed by atoms with Crippen molar-refractivity contribution >= 4 is 0 Å². The van der Waals surface area contributed by atoms with E-state index in [1.165, 1.54) is 0 Å². The number of hydrogen-bond acceptors (Lipinski definition) is 4. The molecule has 4 nitrogen and oxygen atoms in total. The largest absolute Gasteiger partial charge is 0.329 e. The van der Waals surface area contributed by atoms with E-state index in [-0.39, 0.29) is 0 Å². The second-order valence-electron chi connectivity index (χ2n) is 2.59. The summed E-state index contributed by atoms with van der Waals surface area (Å²) in [7, 11) is 0. The van der Waals surface area contributed by atoms with Gasteiger partial charge >= 0.3 is 0 Å². The quantitative estimate of drug-likeness (QED) is 0.633. The minimum absolute atomic E-state index is 0.479. The molecule has 3 N–H and O–H groups in total. The Hall–Kier alpha value is -1.44. The van der Waals surface area contributed by atoms with Gasteiger partial charge in [0.05, 0.1) is 0 Å². The highest BCUT2D eigenvalue weighted by Gasteiger charge is 1.99. The zero-order valence-corrected chi connectivity index (χ0v) is 7.33. The van der Waals surface area contributed by atoms with Gasteiger partial charge in [0, 0.05) is 31.4 Å². The normalized spacial score (nSPS) is 9.54.